The number of nitrogens with zero attached hydrogens (tertiary/aromatic N) is 2. The molecule has 0 unspecified atom stereocenters. The van der Waals surface area contributed by atoms with Crippen molar-refractivity contribution >= 4 is 33.3 Å². The summed E-state index contributed by atoms with van der Waals surface area (Å²) in [6.45, 7) is 0. The molecule has 2 N–H and O–H groups in total. The Kier molecular flexibility index (Phi) is 7.53. The quantitative estimate of drug-likeness (QED) is 0.250. The number of nitrogens with one attached hydrogen (secondary N) is 2. The van der Waals surface area contributed by atoms with Gasteiger partial charge in [-0.1, -0.05) is 12.1 Å². The molecule has 178 valence electrons. The number of benzene rings is 3. The molecule has 3 rings (SSSR count). The maximum absolute atomic E-state index is 12.8. The number of hydrazone groups is 1. The van der Waals surface area contributed by atoms with Crippen molar-refractivity contribution in [1.82, 2.24) is 0 Å². The van der Waals surface area contributed by atoms with Gasteiger partial charge in [0, 0.05) is 11.6 Å². The van der Waals surface area contributed by atoms with E-state index < -0.39 is 20.6 Å². The predicted molar refractivity (Wildman–Crippen MR) is 128 cm³/mol. The number of para-hydroxylation sites is 2. The van der Waals surface area contributed by atoms with Crippen molar-refractivity contribution in [3.05, 3.63) is 76.3 Å². The standard InChI is InChI=1S/C22H22N4O7S/c1-31-16-8-11-21(32-2)15(12-16)14-23-24-18-10-9-17(13-20(18)26(27)28)34(29,30)25-19-6-4-5-7-22(19)33-3/h4-14,24-25H,1-3H3. The zero-order chi connectivity index (χ0) is 24.7. The van der Waals surface area contributed by atoms with E-state index in [0.717, 1.165) is 6.07 Å². The molecule has 0 spiro atoms. The van der Waals surface area contributed by atoms with Crippen LogP contribution in [0.25, 0.3) is 0 Å². The molecule has 0 aromatic heterocycles. The highest BCUT2D eigenvalue weighted by molar-refractivity contribution is 7.92. The number of sulfonamides is 1. The molecule has 0 radical (unpaired) electrons. The van der Waals surface area contributed by atoms with Crippen LogP contribution in [0.1, 0.15) is 5.56 Å². The van der Waals surface area contributed by atoms with Crippen molar-refractivity contribution in [2.24, 2.45) is 5.10 Å². The van der Waals surface area contributed by atoms with Crippen molar-refractivity contribution in [1.29, 1.82) is 0 Å². The number of hydrogen-bond acceptors (Lipinski definition) is 9. The van der Waals surface area contributed by atoms with Gasteiger partial charge >= 0.3 is 0 Å². The van der Waals surface area contributed by atoms with Gasteiger partial charge in [0.2, 0.25) is 0 Å². The van der Waals surface area contributed by atoms with Crippen LogP contribution in [-0.4, -0.2) is 40.9 Å². The number of ether oxygens (including phenoxy) is 3. The van der Waals surface area contributed by atoms with E-state index in [9.17, 15) is 18.5 Å². The molecule has 0 saturated heterocycles. The third-order valence-electron chi connectivity index (χ3n) is 4.65. The van der Waals surface area contributed by atoms with Crippen LogP contribution < -0.4 is 24.4 Å². The van der Waals surface area contributed by atoms with Gasteiger partial charge in [0.15, 0.2) is 0 Å². The molecule has 3 aromatic rings. The first-order valence-corrected chi connectivity index (χ1v) is 11.2. The van der Waals surface area contributed by atoms with E-state index in [0.29, 0.717) is 22.8 Å². The summed E-state index contributed by atoms with van der Waals surface area (Å²) in [6.07, 6.45) is 1.40. The first kappa shape index (κ1) is 24.3. The minimum atomic E-state index is -4.13. The van der Waals surface area contributed by atoms with Crippen molar-refractivity contribution in [2.75, 3.05) is 31.5 Å². The fraction of sp³-hybridized carbons (Fsp3) is 0.136. The van der Waals surface area contributed by atoms with Crippen molar-refractivity contribution in [3.63, 3.8) is 0 Å². The van der Waals surface area contributed by atoms with E-state index in [1.807, 2.05) is 0 Å². The second-order valence-electron chi connectivity index (χ2n) is 6.72. The second kappa shape index (κ2) is 10.5. The Morgan fingerprint density at radius 3 is 2.32 bits per heavy atom. The summed E-state index contributed by atoms with van der Waals surface area (Å²) in [7, 11) is 0.285. The van der Waals surface area contributed by atoms with Crippen LogP contribution in [0, 0.1) is 10.1 Å². The maximum atomic E-state index is 12.8. The van der Waals surface area contributed by atoms with Crippen LogP contribution in [-0.2, 0) is 10.0 Å². The zero-order valence-electron chi connectivity index (χ0n) is 18.5. The molecule has 0 bridgehead atoms. The minimum absolute atomic E-state index is 0.000598. The third-order valence-corrected chi connectivity index (χ3v) is 6.02. The molecule has 0 saturated carbocycles. The van der Waals surface area contributed by atoms with Crippen LogP contribution in [0.5, 0.6) is 17.2 Å². The van der Waals surface area contributed by atoms with Gasteiger partial charge in [-0.25, -0.2) is 8.42 Å². The Balaban J connectivity index is 1.88. The zero-order valence-corrected chi connectivity index (χ0v) is 19.3. The third kappa shape index (κ3) is 5.53. The number of methoxy groups -OCH3 is 3. The average molecular weight is 487 g/mol. The molecule has 0 aliphatic heterocycles. The first-order chi connectivity index (χ1) is 16.3. The first-order valence-electron chi connectivity index (χ1n) is 9.74. The largest absolute Gasteiger partial charge is 0.497 e. The van der Waals surface area contributed by atoms with E-state index >= 15 is 0 Å². The Morgan fingerprint density at radius 2 is 1.65 bits per heavy atom. The summed E-state index contributed by atoms with van der Waals surface area (Å²) < 4.78 is 43.6. The smallest absolute Gasteiger partial charge is 0.295 e. The van der Waals surface area contributed by atoms with Crippen LogP contribution in [0.3, 0.4) is 0 Å². The van der Waals surface area contributed by atoms with Crippen molar-refractivity contribution < 1.29 is 27.6 Å². The maximum Gasteiger partial charge on any atom is 0.295 e. The van der Waals surface area contributed by atoms with Crippen molar-refractivity contribution in [2.45, 2.75) is 4.90 Å². The highest BCUT2D eigenvalue weighted by Gasteiger charge is 2.22. The number of hydrogen-bond donors (Lipinski definition) is 2. The van der Waals surface area contributed by atoms with E-state index in [2.05, 4.69) is 15.2 Å². The topological polar surface area (TPSA) is 141 Å². The molecule has 0 fully saturated rings. The number of anilines is 2. The summed E-state index contributed by atoms with van der Waals surface area (Å²) in [5.41, 5.74) is 2.87. The summed E-state index contributed by atoms with van der Waals surface area (Å²) >= 11 is 0. The molecule has 0 aliphatic carbocycles. The van der Waals surface area contributed by atoms with Gasteiger partial charge in [-0.2, -0.15) is 5.10 Å². The fourth-order valence-corrected chi connectivity index (χ4v) is 4.06. The Hall–Kier alpha value is -4.32. The normalized spacial score (nSPS) is 11.1. The summed E-state index contributed by atoms with van der Waals surface area (Å²) in [4.78, 5) is 10.6. The Bertz CT molecular complexity index is 1330. The lowest BCUT2D eigenvalue weighted by Gasteiger charge is -2.12. The molecular formula is C22H22N4O7S. The highest BCUT2D eigenvalue weighted by atomic mass is 32.2. The minimum Gasteiger partial charge on any atom is -0.497 e. The van der Waals surface area contributed by atoms with Crippen LogP contribution >= 0.6 is 0 Å². The summed E-state index contributed by atoms with van der Waals surface area (Å²) in [6, 6.07) is 14.9. The Morgan fingerprint density at radius 1 is 0.912 bits per heavy atom. The summed E-state index contributed by atoms with van der Waals surface area (Å²) in [5, 5.41) is 15.6. The van der Waals surface area contributed by atoms with E-state index in [1.165, 1.54) is 45.7 Å². The lowest BCUT2D eigenvalue weighted by atomic mass is 10.2. The van der Waals surface area contributed by atoms with Crippen LogP contribution in [0.2, 0.25) is 0 Å². The van der Waals surface area contributed by atoms with Crippen LogP contribution in [0.4, 0.5) is 17.1 Å². The number of nitro groups is 1. The molecule has 3 aromatic carbocycles. The average Bonchev–Trinajstić information content (AvgIpc) is 2.84. The molecular weight excluding hydrogens is 464 g/mol. The molecule has 11 nitrogen and oxygen atoms in total. The fourth-order valence-electron chi connectivity index (χ4n) is 2.97. The lowest BCUT2D eigenvalue weighted by Crippen LogP contribution is -2.14. The van der Waals surface area contributed by atoms with E-state index in [4.69, 9.17) is 14.2 Å². The van der Waals surface area contributed by atoms with Crippen molar-refractivity contribution in [3.8, 4) is 17.2 Å². The lowest BCUT2D eigenvalue weighted by molar-refractivity contribution is -0.384. The van der Waals surface area contributed by atoms with Gasteiger partial charge in [-0.05, 0) is 42.5 Å². The molecule has 0 aliphatic rings. The Labute approximate surface area is 196 Å². The SMILES string of the molecule is COc1ccc(OC)c(C=NNc2ccc(S(=O)(=O)Nc3ccccc3OC)cc2[N+](=O)[O-])c1. The highest BCUT2D eigenvalue weighted by Crippen LogP contribution is 2.31. The molecule has 0 amide bonds. The molecule has 34 heavy (non-hydrogen) atoms. The monoisotopic (exact) mass is 486 g/mol. The van der Waals surface area contributed by atoms with E-state index in [-0.39, 0.29) is 16.3 Å². The van der Waals surface area contributed by atoms with E-state index in [1.54, 1.807) is 36.4 Å². The number of nitro benzene ring substituents is 1. The van der Waals surface area contributed by atoms with Gasteiger partial charge in [0.25, 0.3) is 15.7 Å². The van der Waals surface area contributed by atoms with Gasteiger partial charge in [-0.15, -0.1) is 0 Å². The van der Waals surface area contributed by atoms with Gasteiger partial charge in [0.1, 0.15) is 22.9 Å². The molecule has 0 atom stereocenters. The predicted octanol–water partition coefficient (Wildman–Crippen LogP) is 3.87. The van der Waals surface area contributed by atoms with Gasteiger partial charge in [0.05, 0.1) is 43.1 Å². The molecule has 12 heteroatoms. The molecule has 0 heterocycles. The summed E-state index contributed by atoms with van der Waals surface area (Å²) in [5.74, 6) is 1.40. The second-order valence-corrected chi connectivity index (χ2v) is 8.40. The van der Waals surface area contributed by atoms with Gasteiger partial charge in [-0.3, -0.25) is 20.3 Å². The van der Waals surface area contributed by atoms with Gasteiger partial charge < -0.3 is 14.2 Å². The number of rotatable bonds is 10. The van der Waals surface area contributed by atoms with Crippen LogP contribution in [0.15, 0.2) is 70.7 Å².